The van der Waals surface area contributed by atoms with Crippen LogP contribution in [0.15, 0.2) is 57.8 Å². The number of benzene rings is 2. The van der Waals surface area contributed by atoms with Crippen molar-refractivity contribution < 1.29 is 9.53 Å². The van der Waals surface area contributed by atoms with E-state index in [0.717, 1.165) is 58.6 Å². The lowest BCUT2D eigenvalue weighted by molar-refractivity contribution is -0.113. The molecule has 0 saturated carbocycles. The molecule has 6 rings (SSSR count). The van der Waals surface area contributed by atoms with E-state index >= 15 is 0 Å². The number of aryl methyl sites for hydroxylation is 2. The Hall–Kier alpha value is -3.18. The normalized spacial score (nSPS) is 12.9. The van der Waals surface area contributed by atoms with E-state index in [1.165, 1.54) is 28.0 Å². The summed E-state index contributed by atoms with van der Waals surface area (Å²) in [4.78, 5) is 38.5. The predicted molar refractivity (Wildman–Crippen MR) is 165 cm³/mol. The number of thiophene rings is 1. The molecule has 11 heteroatoms. The first-order valence-corrected chi connectivity index (χ1v) is 15.8. The molecular weight excluding hydrogens is 584 g/mol. The van der Waals surface area contributed by atoms with Gasteiger partial charge in [-0.3, -0.25) is 14.2 Å². The molecule has 2 aromatic carbocycles. The highest BCUT2D eigenvalue weighted by Crippen LogP contribution is 2.36. The quantitative estimate of drug-likeness (QED) is 0.156. The third-order valence-electron chi connectivity index (χ3n) is 6.91. The summed E-state index contributed by atoms with van der Waals surface area (Å²) in [6, 6.07) is 13.1. The van der Waals surface area contributed by atoms with Crippen LogP contribution in [0.1, 0.15) is 28.8 Å². The molecule has 7 nitrogen and oxygen atoms in total. The van der Waals surface area contributed by atoms with Crippen LogP contribution < -0.4 is 15.6 Å². The lowest BCUT2D eigenvalue weighted by Gasteiger charge is -2.15. The molecule has 0 spiro atoms. The Morgan fingerprint density at radius 1 is 1.15 bits per heavy atom. The lowest BCUT2D eigenvalue weighted by Crippen LogP contribution is -2.24. The maximum Gasteiger partial charge on any atom is 0.267 e. The summed E-state index contributed by atoms with van der Waals surface area (Å²) in [5.74, 6) is 0.611. The summed E-state index contributed by atoms with van der Waals surface area (Å²) in [7, 11) is 1.63. The Morgan fingerprint density at radius 2 is 1.95 bits per heavy atom. The van der Waals surface area contributed by atoms with Gasteiger partial charge in [-0.15, -0.1) is 22.7 Å². The van der Waals surface area contributed by atoms with Crippen LogP contribution in [0.25, 0.3) is 27.2 Å². The third kappa shape index (κ3) is 5.16. The highest BCUT2D eigenvalue weighted by atomic mass is 35.5. The maximum absolute atomic E-state index is 14.0. The zero-order chi connectivity index (χ0) is 27.8. The van der Waals surface area contributed by atoms with Crippen molar-refractivity contribution in [2.24, 2.45) is 0 Å². The molecule has 204 valence electrons. The van der Waals surface area contributed by atoms with Crippen molar-refractivity contribution in [2.45, 2.75) is 37.8 Å². The average molecular weight is 609 g/mol. The Labute approximate surface area is 248 Å². The van der Waals surface area contributed by atoms with Crippen molar-refractivity contribution in [3.05, 3.63) is 79.2 Å². The molecule has 1 aliphatic carbocycles. The van der Waals surface area contributed by atoms with Gasteiger partial charge < -0.3 is 10.1 Å². The molecule has 0 bridgehead atoms. The molecule has 0 saturated heterocycles. The number of methoxy groups -OCH3 is 1. The van der Waals surface area contributed by atoms with E-state index in [1.54, 1.807) is 29.1 Å². The van der Waals surface area contributed by atoms with E-state index in [2.05, 4.69) is 10.3 Å². The number of nitrogens with zero attached hydrogens (tertiary/aromatic N) is 3. The molecule has 1 amide bonds. The van der Waals surface area contributed by atoms with Crippen LogP contribution in [0.4, 0.5) is 5.13 Å². The Balaban J connectivity index is 1.28. The summed E-state index contributed by atoms with van der Waals surface area (Å²) in [6.07, 6.45) is 4.06. The number of hydrogen-bond acceptors (Lipinski definition) is 8. The van der Waals surface area contributed by atoms with Gasteiger partial charge in [0.1, 0.15) is 10.6 Å². The second-order valence-electron chi connectivity index (χ2n) is 9.41. The summed E-state index contributed by atoms with van der Waals surface area (Å²) in [6.45, 7) is 1.89. The van der Waals surface area contributed by atoms with Gasteiger partial charge in [0.05, 0.1) is 29.6 Å². The molecule has 0 unspecified atom stereocenters. The van der Waals surface area contributed by atoms with Gasteiger partial charge in [-0.2, -0.15) is 0 Å². The minimum absolute atomic E-state index is 0.0695. The predicted octanol–water partition coefficient (Wildman–Crippen LogP) is 7.15. The van der Waals surface area contributed by atoms with Crippen molar-refractivity contribution >= 4 is 67.3 Å². The number of anilines is 1. The van der Waals surface area contributed by atoms with Crippen LogP contribution >= 0.6 is 46.0 Å². The molecule has 1 N–H and O–H groups in total. The fraction of sp³-hybridized carbons (Fsp3) is 0.241. The zero-order valence-electron chi connectivity index (χ0n) is 21.8. The molecule has 0 fully saturated rings. The summed E-state index contributed by atoms with van der Waals surface area (Å²) in [5.41, 5.74) is 4.19. The Morgan fingerprint density at radius 3 is 2.75 bits per heavy atom. The van der Waals surface area contributed by atoms with Crippen molar-refractivity contribution in [3.8, 4) is 22.7 Å². The molecule has 3 heterocycles. The van der Waals surface area contributed by atoms with Crippen LogP contribution in [-0.2, 0) is 17.6 Å². The molecule has 0 radical (unpaired) electrons. The van der Waals surface area contributed by atoms with Gasteiger partial charge in [0, 0.05) is 20.8 Å². The standard InChI is InChI=1S/C29H25ClN4O3S3/c1-16-20(30)7-5-8-22(16)34-27(36)25-19-6-3-4-9-23(19)40-26(25)33-29(34)39-15-24(35)32-28-31-21(14-38-28)17-10-12-18(37-2)13-11-17/h5,7-8,10-14H,3-4,6,9,15H2,1-2H3,(H,31,32,35). The number of thioether (sulfide) groups is 1. The summed E-state index contributed by atoms with van der Waals surface area (Å²) < 4.78 is 6.84. The Kier molecular flexibility index (Phi) is 7.67. The fourth-order valence-corrected chi connectivity index (χ4v) is 7.86. The van der Waals surface area contributed by atoms with E-state index in [-0.39, 0.29) is 17.2 Å². The van der Waals surface area contributed by atoms with Gasteiger partial charge in [0.25, 0.3) is 5.56 Å². The Bertz CT molecular complexity index is 1790. The summed E-state index contributed by atoms with van der Waals surface area (Å²) >= 11 is 10.6. The first kappa shape index (κ1) is 27.0. The number of rotatable bonds is 7. The van der Waals surface area contributed by atoms with Crippen molar-refractivity contribution in [1.82, 2.24) is 14.5 Å². The van der Waals surface area contributed by atoms with E-state index < -0.39 is 0 Å². The number of carbonyl (C=O) groups excluding carboxylic acids is 1. The maximum atomic E-state index is 14.0. The molecule has 0 atom stereocenters. The van der Waals surface area contributed by atoms with Gasteiger partial charge in [0.2, 0.25) is 5.91 Å². The first-order chi connectivity index (χ1) is 19.4. The monoisotopic (exact) mass is 608 g/mol. The van der Waals surface area contributed by atoms with E-state index in [4.69, 9.17) is 21.3 Å². The van der Waals surface area contributed by atoms with E-state index in [9.17, 15) is 9.59 Å². The van der Waals surface area contributed by atoms with Gasteiger partial charge in [0.15, 0.2) is 10.3 Å². The van der Waals surface area contributed by atoms with Crippen LogP contribution in [-0.4, -0.2) is 33.3 Å². The second kappa shape index (κ2) is 11.4. The number of hydrogen-bond donors (Lipinski definition) is 1. The zero-order valence-corrected chi connectivity index (χ0v) is 25.0. The number of fused-ring (bicyclic) bond motifs is 3. The van der Waals surface area contributed by atoms with Crippen molar-refractivity contribution in [2.75, 3.05) is 18.2 Å². The number of halogens is 1. The van der Waals surface area contributed by atoms with Gasteiger partial charge in [-0.25, -0.2) is 9.97 Å². The summed E-state index contributed by atoms with van der Waals surface area (Å²) in [5, 5.41) is 7.03. The minimum Gasteiger partial charge on any atom is -0.497 e. The number of thiazole rings is 1. The van der Waals surface area contributed by atoms with Crippen LogP contribution in [0, 0.1) is 6.92 Å². The van der Waals surface area contributed by atoms with Gasteiger partial charge in [-0.05, 0) is 80.1 Å². The van der Waals surface area contributed by atoms with Crippen LogP contribution in [0.2, 0.25) is 5.02 Å². The number of aromatic nitrogens is 3. The number of ether oxygens (including phenoxy) is 1. The fourth-order valence-electron chi connectivity index (χ4n) is 4.84. The topological polar surface area (TPSA) is 86.1 Å². The average Bonchev–Trinajstić information content (AvgIpc) is 3.58. The SMILES string of the molecule is COc1ccc(-c2csc(NC(=O)CSc3nc4sc5c(c4c(=O)n3-c3cccc(Cl)c3C)CCCC5)n2)cc1. The molecule has 0 aliphatic heterocycles. The molecular formula is C29H25ClN4O3S3. The largest absolute Gasteiger partial charge is 0.497 e. The molecule has 40 heavy (non-hydrogen) atoms. The molecule has 5 aromatic rings. The van der Waals surface area contributed by atoms with Crippen molar-refractivity contribution in [1.29, 1.82) is 0 Å². The minimum atomic E-state index is -0.227. The highest BCUT2D eigenvalue weighted by Gasteiger charge is 2.24. The smallest absolute Gasteiger partial charge is 0.267 e. The van der Waals surface area contributed by atoms with Crippen molar-refractivity contribution in [3.63, 3.8) is 0 Å². The van der Waals surface area contributed by atoms with E-state index in [0.29, 0.717) is 26.4 Å². The third-order valence-corrected chi connectivity index (χ3v) is 10.2. The molecule has 1 aliphatic rings. The number of nitrogens with one attached hydrogen (secondary N) is 1. The van der Waals surface area contributed by atoms with E-state index in [1.807, 2.05) is 48.7 Å². The first-order valence-electron chi connectivity index (χ1n) is 12.8. The number of carbonyl (C=O) groups is 1. The number of amides is 1. The highest BCUT2D eigenvalue weighted by molar-refractivity contribution is 7.99. The van der Waals surface area contributed by atoms with Gasteiger partial charge >= 0.3 is 0 Å². The van der Waals surface area contributed by atoms with Crippen LogP contribution in [0.3, 0.4) is 0 Å². The lowest BCUT2D eigenvalue weighted by atomic mass is 9.97. The molecule has 3 aromatic heterocycles. The van der Waals surface area contributed by atoms with Gasteiger partial charge in [-0.1, -0.05) is 29.4 Å². The second-order valence-corrected chi connectivity index (χ2v) is 12.7. The van der Waals surface area contributed by atoms with Crippen LogP contribution in [0.5, 0.6) is 5.75 Å².